The number of carbonyl (C=O) groups is 1. The van der Waals surface area contributed by atoms with Crippen LogP contribution in [0.1, 0.15) is 34.5 Å². The minimum atomic E-state index is -0.166. The van der Waals surface area contributed by atoms with Crippen LogP contribution in [-0.2, 0) is 17.7 Å². The highest BCUT2D eigenvalue weighted by molar-refractivity contribution is 7.15. The summed E-state index contributed by atoms with van der Waals surface area (Å²) < 4.78 is 9.85. The van der Waals surface area contributed by atoms with Gasteiger partial charge >= 0.3 is 0 Å². The van der Waals surface area contributed by atoms with Gasteiger partial charge in [-0.15, -0.1) is 11.3 Å². The number of nitrogens with zero attached hydrogens (tertiary/aromatic N) is 5. The third-order valence-electron chi connectivity index (χ3n) is 5.94. The second-order valence-electron chi connectivity index (χ2n) is 7.86. The smallest absolute Gasteiger partial charge is 0.272 e. The van der Waals surface area contributed by atoms with Crippen molar-refractivity contribution < 1.29 is 9.53 Å². The van der Waals surface area contributed by atoms with E-state index < -0.39 is 0 Å². The Labute approximate surface area is 183 Å². The number of likely N-dealkylation sites (N-methyl/N-ethyl adjacent to an activating group) is 1. The molecular formula is C22H22N6O2S. The molecule has 8 nitrogen and oxygen atoms in total. The first-order chi connectivity index (χ1) is 15.2. The van der Waals surface area contributed by atoms with Gasteiger partial charge in [-0.25, -0.2) is 9.97 Å². The number of amides is 1. The third-order valence-corrected chi connectivity index (χ3v) is 6.71. The van der Waals surface area contributed by atoms with Gasteiger partial charge in [0.05, 0.1) is 18.3 Å². The summed E-state index contributed by atoms with van der Waals surface area (Å²) in [4.78, 5) is 26.0. The highest BCUT2D eigenvalue weighted by Gasteiger charge is 2.44. The standard InChI is InChI=1S/C22H22N6O2S/c1-2-27-19-18(20(29)24-16-13-30-21(16)27)28(11-14-6-4-3-5-7-14)17(25-19)10-15-12-26-8-9-31-22(26)23-15/h3-9,12,16,21H,2,10-11,13H2,1H3,(H,24,29). The molecule has 31 heavy (non-hydrogen) atoms. The maximum atomic E-state index is 13.3. The lowest BCUT2D eigenvalue weighted by molar-refractivity contribution is -0.0821. The van der Waals surface area contributed by atoms with Gasteiger partial charge in [-0.3, -0.25) is 9.20 Å². The van der Waals surface area contributed by atoms with Crippen LogP contribution in [0.5, 0.6) is 0 Å². The Kier molecular flexibility index (Phi) is 4.32. The zero-order chi connectivity index (χ0) is 20.9. The minimum Gasteiger partial charge on any atom is -0.354 e. The van der Waals surface area contributed by atoms with Gasteiger partial charge in [0.25, 0.3) is 5.91 Å². The van der Waals surface area contributed by atoms with E-state index >= 15 is 0 Å². The van der Waals surface area contributed by atoms with Crippen LogP contribution in [0.2, 0.25) is 0 Å². The van der Waals surface area contributed by atoms with Gasteiger partial charge in [0.2, 0.25) is 0 Å². The average Bonchev–Trinajstić information content (AvgIpc) is 3.43. The van der Waals surface area contributed by atoms with Crippen LogP contribution in [0.25, 0.3) is 4.96 Å². The first kappa shape index (κ1) is 18.6. The fourth-order valence-electron chi connectivity index (χ4n) is 4.39. The summed E-state index contributed by atoms with van der Waals surface area (Å²) in [5.41, 5.74) is 2.65. The van der Waals surface area contributed by atoms with E-state index in [1.54, 1.807) is 11.3 Å². The molecule has 1 fully saturated rings. The van der Waals surface area contributed by atoms with Crippen LogP contribution < -0.4 is 10.2 Å². The number of hydrogen-bond acceptors (Lipinski definition) is 6. The Morgan fingerprint density at radius 3 is 2.87 bits per heavy atom. The van der Waals surface area contributed by atoms with E-state index in [9.17, 15) is 4.79 Å². The summed E-state index contributed by atoms with van der Waals surface area (Å²) in [5, 5.41) is 5.15. The van der Waals surface area contributed by atoms with Crippen molar-refractivity contribution in [2.24, 2.45) is 0 Å². The molecule has 5 heterocycles. The number of hydrogen-bond donors (Lipinski definition) is 1. The Balaban J connectivity index is 1.47. The van der Waals surface area contributed by atoms with E-state index in [2.05, 4.69) is 29.3 Å². The van der Waals surface area contributed by atoms with E-state index in [0.717, 1.165) is 22.0 Å². The van der Waals surface area contributed by atoms with Crippen molar-refractivity contribution in [3.63, 3.8) is 0 Å². The lowest BCUT2D eigenvalue weighted by Gasteiger charge is -2.42. The number of fused-ring (bicyclic) bond motifs is 3. The molecule has 2 aliphatic rings. The number of benzene rings is 1. The maximum Gasteiger partial charge on any atom is 0.272 e. The minimum absolute atomic E-state index is 0.00444. The molecule has 1 aromatic carbocycles. The molecule has 1 N–H and O–H groups in total. The maximum absolute atomic E-state index is 13.3. The molecule has 2 aliphatic heterocycles. The Morgan fingerprint density at radius 1 is 1.26 bits per heavy atom. The topological polar surface area (TPSA) is 76.7 Å². The molecule has 1 saturated heterocycles. The van der Waals surface area contributed by atoms with Gasteiger partial charge in [-0.05, 0) is 12.5 Å². The summed E-state index contributed by atoms with van der Waals surface area (Å²) in [5.74, 6) is 1.43. The number of ether oxygens (including phenoxy) is 1. The van der Waals surface area contributed by atoms with E-state index in [-0.39, 0.29) is 18.2 Å². The number of rotatable bonds is 5. The van der Waals surface area contributed by atoms with Gasteiger partial charge < -0.3 is 19.5 Å². The third kappa shape index (κ3) is 3.03. The monoisotopic (exact) mass is 434 g/mol. The van der Waals surface area contributed by atoms with Crippen LogP contribution in [-0.4, -0.2) is 50.3 Å². The molecule has 0 radical (unpaired) electrons. The van der Waals surface area contributed by atoms with Gasteiger partial charge in [0, 0.05) is 37.3 Å². The average molecular weight is 435 g/mol. The Bertz CT molecular complexity index is 1230. The number of anilines is 1. The van der Waals surface area contributed by atoms with Crippen molar-refractivity contribution in [1.82, 2.24) is 24.3 Å². The van der Waals surface area contributed by atoms with Crippen LogP contribution in [0, 0.1) is 0 Å². The first-order valence-electron chi connectivity index (χ1n) is 10.4. The second-order valence-corrected chi connectivity index (χ2v) is 8.74. The molecule has 158 valence electrons. The van der Waals surface area contributed by atoms with Crippen molar-refractivity contribution >= 4 is 28.0 Å². The molecular weight excluding hydrogens is 412 g/mol. The van der Waals surface area contributed by atoms with E-state index in [1.165, 1.54) is 0 Å². The summed E-state index contributed by atoms with van der Waals surface area (Å²) in [6.45, 7) is 3.89. The van der Waals surface area contributed by atoms with E-state index in [1.807, 2.05) is 44.9 Å². The molecule has 2 unspecified atom stereocenters. The quantitative estimate of drug-likeness (QED) is 0.522. The molecule has 3 aromatic heterocycles. The van der Waals surface area contributed by atoms with Crippen molar-refractivity contribution in [2.75, 3.05) is 18.1 Å². The highest BCUT2D eigenvalue weighted by atomic mass is 32.1. The molecule has 0 bridgehead atoms. The van der Waals surface area contributed by atoms with Crippen molar-refractivity contribution in [2.45, 2.75) is 32.2 Å². The lowest BCUT2D eigenvalue weighted by Crippen LogP contribution is -2.61. The Morgan fingerprint density at radius 2 is 2.13 bits per heavy atom. The van der Waals surface area contributed by atoms with Crippen molar-refractivity contribution in [3.8, 4) is 0 Å². The molecule has 9 heteroatoms. The molecule has 4 aromatic rings. The number of thiazole rings is 1. The SMILES string of the molecule is CCN1c2nc(Cc3cn4ccsc4n3)n(Cc3ccccc3)c2C(=O)NC2COC21. The molecule has 6 rings (SSSR count). The number of imidazole rings is 2. The largest absolute Gasteiger partial charge is 0.354 e. The van der Waals surface area contributed by atoms with Crippen molar-refractivity contribution in [1.29, 1.82) is 0 Å². The predicted octanol–water partition coefficient (Wildman–Crippen LogP) is 2.53. The van der Waals surface area contributed by atoms with Crippen LogP contribution in [0.15, 0.2) is 48.1 Å². The van der Waals surface area contributed by atoms with Gasteiger partial charge in [0.15, 0.2) is 22.7 Å². The zero-order valence-corrected chi connectivity index (χ0v) is 17.9. The number of aromatic nitrogens is 4. The second kappa shape index (κ2) is 7.21. The van der Waals surface area contributed by atoms with E-state index in [4.69, 9.17) is 14.7 Å². The number of nitrogens with one attached hydrogen (secondary N) is 1. The lowest BCUT2D eigenvalue weighted by atomic mass is 10.2. The fourth-order valence-corrected chi connectivity index (χ4v) is 5.11. The summed E-state index contributed by atoms with van der Waals surface area (Å²) in [6, 6.07) is 10.2. The molecule has 0 saturated carbocycles. The zero-order valence-electron chi connectivity index (χ0n) is 17.1. The molecule has 0 aliphatic carbocycles. The normalized spacial score (nSPS) is 20.2. The first-order valence-corrected chi connectivity index (χ1v) is 11.3. The highest BCUT2D eigenvalue weighted by Crippen LogP contribution is 2.32. The van der Waals surface area contributed by atoms with Gasteiger partial charge in [-0.2, -0.15) is 0 Å². The molecule has 2 atom stereocenters. The van der Waals surface area contributed by atoms with Crippen LogP contribution in [0.3, 0.4) is 0 Å². The number of carbonyl (C=O) groups excluding carboxylic acids is 1. The predicted molar refractivity (Wildman–Crippen MR) is 118 cm³/mol. The summed E-state index contributed by atoms with van der Waals surface area (Å²) in [7, 11) is 0. The molecule has 1 amide bonds. The molecule has 0 spiro atoms. The van der Waals surface area contributed by atoms with Crippen molar-refractivity contribution in [3.05, 3.63) is 70.9 Å². The van der Waals surface area contributed by atoms with E-state index in [0.29, 0.717) is 37.6 Å². The van der Waals surface area contributed by atoms with Gasteiger partial charge in [-0.1, -0.05) is 30.3 Å². The summed E-state index contributed by atoms with van der Waals surface area (Å²) in [6.07, 6.45) is 4.42. The van der Waals surface area contributed by atoms with Gasteiger partial charge in [0.1, 0.15) is 5.82 Å². The fraction of sp³-hybridized carbons (Fsp3) is 0.318. The Hall–Kier alpha value is -3.17. The van der Waals surface area contributed by atoms with Crippen LogP contribution >= 0.6 is 11.3 Å². The van der Waals surface area contributed by atoms with Crippen LogP contribution in [0.4, 0.5) is 5.82 Å². The summed E-state index contributed by atoms with van der Waals surface area (Å²) >= 11 is 1.60.